The van der Waals surface area contributed by atoms with Crippen LogP contribution in [-0.2, 0) is 7.05 Å². The smallest absolute Gasteiger partial charge is 0.195 e. The van der Waals surface area contributed by atoms with E-state index in [4.69, 9.17) is 0 Å². The van der Waals surface area contributed by atoms with E-state index in [1.807, 2.05) is 18.2 Å². The molecule has 0 amide bonds. The van der Waals surface area contributed by atoms with Crippen LogP contribution >= 0.6 is 0 Å². The molecule has 0 bridgehead atoms. The average Bonchev–Trinajstić information content (AvgIpc) is 2.70. The van der Waals surface area contributed by atoms with Crippen molar-refractivity contribution in [2.75, 3.05) is 0 Å². The maximum atomic E-state index is 12.3. The van der Waals surface area contributed by atoms with Crippen LogP contribution in [0.3, 0.4) is 0 Å². The van der Waals surface area contributed by atoms with Gasteiger partial charge in [0.25, 0.3) is 0 Å². The topological polar surface area (TPSA) is 47.2 Å². The summed E-state index contributed by atoms with van der Waals surface area (Å²) < 4.78 is 1.60. The van der Waals surface area contributed by atoms with Crippen LogP contribution in [0, 0.1) is 5.92 Å². The van der Waals surface area contributed by atoms with Crippen molar-refractivity contribution in [3.8, 4) is 0 Å². The number of aryl methyl sites for hydroxylation is 1. The number of hydrogen-bond donors (Lipinski definition) is 0. The van der Waals surface area contributed by atoms with Crippen molar-refractivity contribution in [1.82, 2.24) is 9.78 Å². The summed E-state index contributed by atoms with van der Waals surface area (Å²) >= 11 is 0. The molecule has 86 valence electrons. The van der Waals surface area contributed by atoms with Crippen molar-refractivity contribution in [3.63, 3.8) is 0 Å². The molecule has 2 aliphatic rings. The minimum Gasteiger partial charge on any atom is -0.291 e. The summed E-state index contributed by atoms with van der Waals surface area (Å²) in [6, 6.07) is 0. The van der Waals surface area contributed by atoms with Crippen molar-refractivity contribution >= 4 is 17.2 Å². The molecule has 1 aromatic heterocycles. The number of allylic oxidation sites excluding steroid dienone is 4. The zero-order valence-electron chi connectivity index (χ0n) is 9.84. The van der Waals surface area contributed by atoms with E-state index in [1.54, 1.807) is 17.9 Å². The first-order chi connectivity index (χ1) is 8.20. The lowest BCUT2D eigenvalue weighted by Gasteiger charge is -2.21. The predicted octanol–water partition coefficient (Wildman–Crippen LogP) is 2.21. The predicted molar refractivity (Wildman–Crippen MR) is 65.6 cm³/mol. The summed E-state index contributed by atoms with van der Waals surface area (Å²) in [5, 5.41) is 4.09. The number of rotatable bonds is 1. The molecule has 1 unspecified atom stereocenters. The highest BCUT2D eigenvalue weighted by atomic mass is 16.1. The lowest BCUT2D eigenvalue weighted by Crippen LogP contribution is -2.27. The molecule has 0 aromatic carbocycles. The first kappa shape index (κ1) is 10.2. The minimum atomic E-state index is -0.229. The van der Waals surface area contributed by atoms with E-state index in [0.717, 1.165) is 12.1 Å². The van der Waals surface area contributed by atoms with Crippen LogP contribution in [0.15, 0.2) is 35.0 Å². The molecule has 1 aliphatic heterocycles. The summed E-state index contributed by atoms with van der Waals surface area (Å²) in [7, 11) is 1.77. The second-order valence-corrected chi connectivity index (χ2v) is 4.31. The fraction of sp³-hybridized carbons (Fsp3) is 0.308. The Balaban J connectivity index is 2.16. The maximum absolute atomic E-state index is 12.3. The Bertz CT molecular complexity index is 590. The number of aromatic nitrogens is 2. The van der Waals surface area contributed by atoms with Gasteiger partial charge < -0.3 is 0 Å². The summed E-state index contributed by atoms with van der Waals surface area (Å²) in [6.45, 7) is 2.09. The summed E-state index contributed by atoms with van der Waals surface area (Å²) in [5.41, 5.74) is 3.34. The van der Waals surface area contributed by atoms with E-state index in [1.165, 1.54) is 5.57 Å². The standard InChI is InChI=1S/C13H13N3O/c1-3-8-4-5-9-10(6-8)15-11-7-14-16(2)12(11)13(9)17/h4-7,9H,3H2,1-2H3. The number of nitrogens with zero attached hydrogens (tertiary/aromatic N) is 3. The maximum Gasteiger partial charge on any atom is 0.195 e. The molecule has 0 N–H and O–H groups in total. The van der Waals surface area contributed by atoms with Gasteiger partial charge in [0.1, 0.15) is 11.4 Å². The van der Waals surface area contributed by atoms with Crippen LogP contribution in [0.2, 0.25) is 0 Å². The van der Waals surface area contributed by atoms with Crippen LogP contribution in [0.1, 0.15) is 23.8 Å². The van der Waals surface area contributed by atoms with E-state index in [9.17, 15) is 4.79 Å². The molecule has 2 heterocycles. The van der Waals surface area contributed by atoms with E-state index in [-0.39, 0.29) is 11.7 Å². The summed E-state index contributed by atoms with van der Waals surface area (Å²) in [6.07, 6.45) is 8.57. The highest BCUT2D eigenvalue weighted by Gasteiger charge is 2.32. The van der Waals surface area contributed by atoms with Crippen LogP contribution in [0.5, 0.6) is 0 Å². The highest BCUT2D eigenvalue weighted by Crippen LogP contribution is 2.31. The van der Waals surface area contributed by atoms with Crippen LogP contribution in [0.25, 0.3) is 0 Å². The lowest BCUT2D eigenvalue weighted by atomic mass is 9.87. The van der Waals surface area contributed by atoms with E-state index < -0.39 is 0 Å². The van der Waals surface area contributed by atoms with Crippen molar-refractivity contribution in [3.05, 3.63) is 35.7 Å². The molecule has 4 nitrogen and oxygen atoms in total. The third-order valence-corrected chi connectivity index (χ3v) is 3.25. The van der Waals surface area contributed by atoms with Gasteiger partial charge in [0.2, 0.25) is 0 Å². The van der Waals surface area contributed by atoms with Gasteiger partial charge in [-0.3, -0.25) is 9.48 Å². The SMILES string of the molecule is CCC1=CC2=Nc3cnn(C)c3C(=O)C2C=C1. The lowest BCUT2D eigenvalue weighted by molar-refractivity contribution is 0.0962. The van der Waals surface area contributed by atoms with Gasteiger partial charge in [0.15, 0.2) is 5.78 Å². The zero-order chi connectivity index (χ0) is 12.0. The Morgan fingerprint density at radius 3 is 3.06 bits per heavy atom. The van der Waals surface area contributed by atoms with Crippen molar-refractivity contribution in [2.45, 2.75) is 13.3 Å². The Labute approximate surface area is 99.4 Å². The van der Waals surface area contributed by atoms with E-state index >= 15 is 0 Å². The number of Topliss-reactive ketones (excluding diaryl/α,β-unsaturated/α-hetero) is 1. The van der Waals surface area contributed by atoms with Gasteiger partial charge in [-0.2, -0.15) is 5.10 Å². The molecule has 1 aliphatic carbocycles. The normalized spacial score (nSPS) is 21.8. The van der Waals surface area contributed by atoms with Gasteiger partial charge in [-0.25, -0.2) is 4.99 Å². The van der Waals surface area contributed by atoms with Crippen LogP contribution in [-0.4, -0.2) is 21.3 Å². The van der Waals surface area contributed by atoms with Crippen LogP contribution in [0.4, 0.5) is 5.69 Å². The summed E-state index contributed by atoms with van der Waals surface area (Å²) in [5.74, 6) is -0.138. The highest BCUT2D eigenvalue weighted by molar-refractivity contribution is 6.22. The van der Waals surface area contributed by atoms with Gasteiger partial charge in [0.05, 0.1) is 17.8 Å². The van der Waals surface area contributed by atoms with Gasteiger partial charge in [-0.15, -0.1) is 0 Å². The minimum absolute atomic E-state index is 0.0904. The molecule has 0 saturated heterocycles. The number of carbonyl (C=O) groups excluding carboxylic acids is 1. The molecule has 3 rings (SSSR count). The van der Waals surface area contributed by atoms with Gasteiger partial charge >= 0.3 is 0 Å². The molecule has 4 heteroatoms. The molecule has 17 heavy (non-hydrogen) atoms. The first-order valence-electron chi connectivity index (χ1n) is 5.74. The Morgan fingerprint density at radius 2 is 2.29 bits per heavy atom. The molecule has 0 radical (unpaired) electrons. The Kier molecular flexibility index (Phi) is 2.11. The second-order valence-electron chi connectivity index (χ2n) is 4.31. The Hall–Kier alpha value is -1.97. The quantitative estimate of drug-likeness (QED) is 0.738. The average molecular weight is 227 g/mol. The number of aliphatic imine (C=N–C) groups is 1. The van der Waals surface area contributed by atoms with Gasteiger partial charge in [-0.05, 0) is 18.1 Å². The fourth-order valence-corrected chi connectivity index (χ4v) is 2.27. The number of hydrogen-bond acceptors (Lipinski definition) is 3. The van der Waals surface area contributed by atoms with Crippen molar-refractivity contribution in [1.29, 1.82) is 0 Å². The third kappa shape index (κ3) is 1.40. The molecular weight excluding hydrogens is 214 g/mol. The van der Waals surface area contributed by atoms with Gasteiger partial charge in [-0.1, -0.05) is 19.1 Å². The number of carbonyl (C=O) groups is 1. The Morgan fingerprint density at radius 1 is 1.47 bits per heavy atom. The zero-order valence-corrected chi connectivity index (χ0v) is 9.84. The van der Waals surface area contributed by atoms with Crippen molar-refractivity contribution < 1.29 is 4.79 Å². The third-order valence-electron chi connectivity index (χ3n) is 3.25. The van der Waals surface area contributed by atoms with Crippen molar-refractivity contribution in [2.24, 2.45) is 18.0 Å². The first-order valence-corrected chi connectivity index (χ1v) is 5.74. The molecule has 0 fully saturated rings. The van der Waals surface area contributed by atoms with Gasteiger partial charge in [0, 0.05) is 7.05 Å². The fourth-order valence-electron chi connectivity index (χ4n) is 2.27. The van der Waals surface area contributed by atoms with E-state index in [0.29, 0.717) is 11.4 Å². The number of ketones is 1. The summed E-state index contributed by atoms with van der Waals surface area (Å²) in [4.78, 5) is 16.8. The largest absolute Gasteiger partial charge is 0.291 e. The molecule has 1 aromatic rings. The molecular formula is C13H13N3O. The molecule has 1 atom stereocenters. The second kappa shape index (κ2) is 3.52. The number of fused-ring (bicyclic) bond motifs is 2. The molecule has 0 spiro atoms. The van der Waals surface area contributed by atoms with E-state index in [2.05, 4.69) is 17.0 Å². The monoisotopic (exact) mass is 227 g/mol. The van der Waals surface area contributed by atoms with Crippen LogP contribution < -0.4 is 0 Å². The molecule has 0 saturated carbocycles.